The lowest BCUT2D eigenvalue weighted by molar-refractivity contribution is 0.110. The number of hydrogen-bond donors (Lipinski definition) is 0. The summed E-state index contributed by atoms with van der Waals surface area (Å²) >= 11 is 0. The maximum absolute atomic E-state index is 10.6. The summed E-state index contributed by atoms with van der Waals surface area (Å²) < 4.78 is 1.98. The third kappa shape index (κ3) is 1.05. The van der Waals surface area contributed by atoms with Crippen LogP contribution in [-0.2, 0) is 0 Å². The smallest absolute Gasteiger partial charge is 0.168 e. The fraction of sp³-hybridized carbons (Fsp3) is 0.556. The molecular weight excluding hydrogens is 152 g/mol. The molecule has 0 N–H and O–H groups in total. The predicted molar refractivity (Wildman–Crippen MR) is 45.0 cm³/mol. The topological polar surface area (TPSA) is 34.9 Å². The molecule has 1 fully saturated rings. The first-order valence-corrected chi connectivity index (χ1v) is 4.28. The van der Waals surface area contributed by atoms with Gasteiger partial charge in [-0.2, -0.15) is 0 Å². The number of rotatable bonds is 2. The van der Waals surface area contributed by atoms with Gasteiger partial charge in [0.25, 0.3) is 0 Å². The molecule has 0 radical (unpaired) electrons. The third-order valence-electron chi connectivity index (χ3n) is 2.56. The Kier molecular flexibility index (Phi) is 1.71. The minimum absolute atomic E-state index is 0.516. The molecule has 1 aromatic rings. The first-order valence-electron chi connectivity index (χ1n) is 4.28. The molecule has 0 aromatic carbocycles. The standard InChI is InChI=1S/C9H12N2O/c1-7-2-8(3-7)11-6-10-4-9(11)5-12/h4-8H,2-3H2,1H3. The summed E-state index contributed by atoms with van der Waals surface area (Å²) in [6.45, 7) is 2.23. The quantitative estimate of drug-likeness (QED) is 0.623. The van der Waals surface area contributed by atoms with E-state index in [1.165, 1.54) is 12.8 Å². The minimum atomic E-state index is 0.516. The second-order valence-corrected chi connectivity index (χ2v) is 3.57. The molecule has 64 valence electrons. The van der Waals surface area contributed by atoms with Gasteiger partial charge < -0.3 is 4.57 Å². The molecule has 2 rings (SSSR count). The minimum Gasteiger partial charge on any atom is -0.325 e. The van der Waals surface area contributed by atoms with E-state index in [0.29, 0.717) is 11.7 Å². The van der Waals surface area contributed by atoms with E-state index in [4.69, 9.17) is 0 Å². The molecule has 3 nitrogen and oxygen atoms in total. The van der Waals surface area contributed by atoms with E-state index >= 15 is 0 Å². The van der Waals surface area contributed by atoms with Crippen molar-refractivity contribution in [1.82, 2.24) is 9.55 Å². The molecule has 1 aliphatic rings. The van der Waals surface area contributed by atoms with Gasteiger partial charge >= 0.3 is 0 Å². The zero-order valence-corrected chi connectivity index (χ0v) is 7.10. The zero-order valence-electron chi connectivity index (χ0n) is 7.10. The Morgan fingerprint density at radius 2 is 2.42 bits per heavy atom. The van der Waals surface area contributed by atoms with Crippen LogP contribution in [0.4, 0.5) is 0 Å². The summed E-state index contributed by atoms with van der Waals surface area (Å²) in [5.74, 6) is 0.803. The van der Waals surface area contributed by atoms with Gasteiger partial charge in [-0.25, -0.2) is 4.98 Å². The van der Waals surface area contributed by atoms with Gasteiger partial charge in [0.1, 0.15) is 5.69 Å². The Bertz CT molecular complexity index is 286. The predicted octanol–water partition coefficient (Wildman–Crippen LogP) is 1.67. The second kappa shape index (κ2) is 2.73. The molecule has 1 aliphatic carbocycles. The lowest BCUT2D eigenvalue weighted by atomic mass is 9.81. The maximum atomic E-state index is 10.6. The van der Waals surface area contributed by atoms with Crippen LogP contribution in [0.3, 0.4) is 0 Å². The molecule has 1 aromatic heterocycles. The van der Waals surface area contributed by atoms with E-state index in [1.54, 1.807) is 12.5 Å². The Morgan fingerprint density at radius 1 is 1.67 bits per heavy atom. The Hall–Kier alpha value is -1.12. The molecule has 0 unspecified atom stereocenters. The number of hydrogen-bond acceptors (Lipinski definition) is 2. The van der Waals surface area contributed by atoms with Crippen molar-refractivity contribution in [3.63, 3.8) is 0 Å². The van der Waals surface area contributed by atoms with Crippen molar-refractivity contribution in [2.24, 2.45) is 5.92 Å². The Labute approximate surface area is 71.4 Å². The first-order chi connectivity index (χ1) is 5.81. The SMILES string of the molecule is CC1CC(n2cncc2C=O)C1. The Morgan fingerprint density at radius 3 is 3.00 bits per heavy atom. The highest BCUT2D eigenvalue weighted by molar-refractivity contribution is 5.71. The van der Waals surface area contributed by atoms with Gasteiger partial charge in [-0.15, -0.1) is 0 Å². The summed E-state index contributed by atoms with van der Waals surface area (Å²) in [4.78, 5) is 14.5. The molecule has 12 heavy (non-hydrogen) atoms. The van der Waals surface area contributed by atoms with Crippen molar-refractivity contribution < 1.29 is 4.79 Å². The normalized spacial score (nSPS) is 28.1. The average Bonchev–Trinajstić information content (AvgIpc) is 2.45. The summed E-state index contributed by atoms with van der Waals surface area (Å²) in [5, 5.41) is 0. The van der Waals surface area contributed by atoms with E-state index in [0.717, 1.165) is 12.2 Å². The van der Waals surface area contributed by atoms with Crippen molar-refractivity contribution in [1.29, 1.82) is 0 Å². The van der Waals surface area contributed by atoms with Crippen LogP contribution in [0, 0.1) is 5.92 Å². The van der Waals surface area contributed by atoms with Crippen molar-refractivity contribution in [2.45, 2.75) is 25.8 Å². The van der Waals surface area contributed by atoms with E-state index in [9.17, 15) is 4.79 Å². The van der Waals surface area contributed by atoms with Gasteiger partial charge in [0.05, 0.1) is 12.5 Å². The summed E-state index contributed by atoms with van der Waals surface area (Å²) in [6, 6.07) is 0.516. The summed E-state index contributed by atoms with van der Waals surface area (Å²) in [6.07, 6.45) is 6.60. The van der Waals surface area contributed by atoms with Gasteiger partial charge in [-0.1, -0.05) is 6.92 Å². The van der Waals surface area contributed by atoms with Gasteiger partial charge in [-0.05, 0) is 18.8 Å². The zero-order chi connectivity index (χ0) is 8.55. The van der Waals surface area contributed by atoms with Crippen molar-refractivity contribution in [3.05, 3.63) is 18.2 Å². The monoisotopic (exact) mass is 164 g/mol. The van der Waals surface area contributed by atoms with Crippen molar-refractivity contribution in [3.8, 4) is 0 Å². The van der Waals surface area contributed by atoms with E-state index < -0.39 is 0 Å². The molecule has 0 atom stereocenters. The van der Waals surface area contributed by atoms with Crippen LogP contribution >= 0.6 is 0 Å². The van der Waals surface area contributed by atoms with Crippen molar-refractivity contribution >= 4 is 6.29 Å². The molecule has 0 amide bonds. The maximum Gasteiger partial charge on any atom is 0.168 e. The Balaban J connectivity index is 2.17. The number of carbonyl (C=O) groups excluding carboxylic acids is 1. The van der Waals surface area contributed by atoms with Crippen LogP contribution in [0.5, 0.6) is 0 Å². The van der Waals surface area contributed by atoms with Crippen LogP contribution in [0.25, 0.3) is 0 Å². The highest BCUT2D eigenvalue weighted by Gasteiger charge is 2.27. The van der Waals surface area contributed by atoms with Gasteiger partial charge in [0, 0.05) is 6.04 Å². The van der Waals surface area contributed by atoms with Gasteiger partial charge in [-0.3, -0.25) is 4.79 Å². The summed E-state index contributed by atoms with van der Waals surface area (Å²) in [7, 11) is 0. The number of aromatic nitrogens is 2. The molecular formula is C9H12N2O. The van der Waals surface area contributed by atoms with Gasteiger partial charge in [0.15, 0.2) is 6.29 Å². The third-order valence-corrected chi connectivity index (χ3v) is 2.56. The molecule has 1 heterocycles. The molecule has 3 heteroatoms. The van der Waals surface area contributed by atoms with E-state index in [2.05, 4.69) is 11.9 Å². The van der Waals surface area contributed by atoms with Gasteiger partial charge in [0.2, 0.25) is 0 Å². The highest BCUT2D eigenvalue weighted by Crippen LogP contribution is 2.37. The van der Waals surface area contributed by atoms with Crippen LogP contribution < -0.4 is 0 Å². The van der Waals surface area contributed by atoms with Crippen LogP contribution in [-0.4, -0.2) is 15.8 Å². The lowest BCUT2D eigenvalue weighted by Crippen LogP contribution is -2.25. The largest absolute Gasteiger partial charge is 0.325 e. The second-order valence-electron chi connectivity index (χ2n) is 3.57. The molecule has 0 bridgehead atoms. The average molecular weight is 164 g/mol. The van der Waals surface area contributed by atoms with Crippen LogP contribution in [0.2, 0.25) is 0 Å². The molecule has 0 spiro atoms. The fourth-order valence-corrected chi connectivity index (χ4v) is 1.80. The molecule has 1 saturated carbocycles. The van der Waals surface area contributed by atoms with E-state index in [-0.39, 0.29) is 0 Å². The van der Waals surface area contributed by atoms with Crippen LogP contribution in [0.15, 0.2) is 12.5 Å². The summed E-state index contributed by atoms with van der Waals surface area (Å²) in [5.41, 5.74) is 0.701. The lowest BCUT2D eigenvalue weighted by Gasteiger charge is -2.34. The molecule has 0 saturated heterocycles. The number of imidazole rings is 1. The number of carbonyl (C=O) groups is 1. The number of nitrogens with zero attached hydrogens (tertiary/aromatic N) is 2. The first kappa shape index (κ1) is 7.53. The highest BCUT2D eigenvalue weighted by atomic mass is 16.1. The van der Waals surface area contributed by atoms with E-state index in [1.807, 2.05) is 4.57 Å². The number of aldehydes is 1. The molecule has 0 aliphatic heterocycles. The van der Waals surface area contributed by atoms with Crippen molar-refractivity contribution in [2.75, 3.05) is 0 Å². The fourth-order valence-electron chi connectivity index (χ4n) is 1.80. The van der Waals surface area contributed by atoms with Crippen LogP contribution in [0.1, 0.15) is 36.3 Å².